The number of halogens is 2. The highest BCUT2D eigenvalue weighted by Gasteiger charge is 2.16. The van der Waals surface area contributed by atoms with E-state index < -0.39 is 0 Å². The number of hydrogen-bond acceptors (Lipinski definition) is 2. The van der Waals surface area contributed by atoms with Crippen molar-refractivity contribution in [2.45, 2.75) is 25.8 Å². The second kappa shape index (κ2) is 6.17. The maximum atomic E-state index is 6.24. The third kappa shape index (κ3) is 3.12. The van der Waals surface area contributed by atoms with Gasteiger partial charge in [-0.05, 0) is 47.9 Å². The first kappa shape index (κ1) is 14.6. The number of ether oxygens (including phenoxy) is 1. The Bertz CT molecular complexity index is 657. The molecule has 2 nitrogen and oxygen atoms in total. The van der Waals surface area contributed by atoms with Crippen LogP contribution >= 0.6 is 23.2 Å². The molecule has 3 rings (SSSR count). The summed E-state index contributed by atoms with van der Waals surface area (Å²) in [6, 6.07) is 12.1. The van der Waals surface area contributed by atoms with Crippen molar-refractivity contribution in [3.8, 4) is 5.75 Å². The zero-order valence-electron chi connectivity index (χ0n) is 11.8. The molecule has 21 heavy (non-hydrogen) atoms. The van der Waals surface area contributed by atoms with Crippen molar-refractivity contribution in [2.75, 3.05) is 11.9 Å². The van der Waals surface area contributed by atoms with E-state index in [9.17, 15) is 0 Å². The molecule has 1 heterocycles. The molecular formula is C17H17Cl2NO. The molecular weight excluding hydrogens is 305 g/mol. The van der Waals surface area contributed by atoms with Crippen molar-refractivity contribution in [1.82, 2.24) is 0 Å². The average molecular weight is 322 g/mol. The molecule has 0 aromatic heterocycles. The van der Waals surface area contributed by atoms with Crippen molar-refractivity contribution in [3.05, 3.63) is 57.6 Å². The number of anilines is 1. The van der Waals surface area contributed by atoms with Gasteiger partial charge in [0.05, 0.1) is 23.4 Å². The highest BCUT2D eigenvalue weighted by Crippen LogP contribution is 2.33. The molecule has 2 aromatic rings. The molecule has 0 saturated carbocycles. The zero-order chi connectivity index (χ0) is 14.8. The number of rotatable bonds is 4. The van der Waals surface area contributed by atoms with E-state index in [4.69, 9.17) is 27.9 Å². The molecule has 1 N–H and O–H groups in total. The van der Waals surface area contributed by atoms with Crippen LogP contribution in [0.3, 0.4) is 0 Å². The molecule has 110 valence electrons. The van der Waals surface area contributed by atoms with Gasteiger partial charge < -0.3 is 10.1 Å². The number of hydrogen-bond donors (Lipinski definition) is 1. The van der Waals surface area contributed by atoms with Crippen molar-refractivity contribution in [2.24, 2.45) is 0 Å². The summed E-state index contributed by atoms with van der Waals surface area (Å²) in [6.45, 7) is 2.93. The Hall–Kier alpha value is -1.38. The molecule has 1 aliphatic rings. The average Bonchev–Trinajstić information content (AvgIpc) is 2.95. The van der Waals surface area contributed by atoms with Crippen LogP contribution in [-0.4, -0.2) is 6.61 Å². The van der Waals surface area contributed by atoms with Gasteiger partial charge >= 0.3 is 0 Å². The zero-order valence-corrected chi connectivity index (χ0v) is 13.3. The summed E-state index contributed by atoms with van der Waals surface area (Å²) < 4.78 is 5.56. The van der Waals surface area contributed by atoms with Crippen LogP contribution in [0.4, 0.5) is 5.69 Å². The first-order valence-corrected chi connectivity index (χ1v) is 7.90. The lowest BCUT2D eigenvalue weighted by Gasteiger charge is -2.20. The predicted molar refractivity (Wildman–Crippen MR) is 88.8 cm³/mol. The van der Waals surface area contributed by atoms with E-state index in [2.05, 4.69) is 30.4 Å². The third-order valence-electron chi connectivity index (χ3n) is 3.78. The van der Waals surface area contributed by atoms with Crippen LogP contribution in [-0.2, 0) is 6.42 Å². The van der Waals surface area contributed by atoms with Gasteiger partial charge in [0.15, 0.2) is 0 Å². The second-order valence-corrected chi connectivity index (χ2v) is 6.04. The minimum Gasteiger partial charge on any atom is -0.493 e. The number of benzene rings is 2. The highest BCUT2D eigenvalue weighted by molar-refractivity contribution is 6.35. The molecule has 0 saturated heterocycles. The first-order valence-electron chi connectivity index (χ1n) is 7.14. The molecule has 0 bridgehead atoms. The van der Waals surface area contributed by atoms with E-state index in [1.165, 1.54) is 11.1 Å². The number of nitrogens with one attached hydrogen (secondary N) is 1. The van der Waals surface area contributed by atoms with Crippen LogP contribution in [0.15, 0.2) is 36.4 Å². The van der Waals surface area contributed by atoms with Crippen molar-refractivity contribution >= 4 is 28.9 Å². The summed E-state index contributed by atoms with van der Waals surface area (Å²) in [4.78, 5) is 0. The van der Waals surface area contributed by atoms with E-state index in [0.29, 0.717) is 10.0 Å². The van der Waals surface area contributed by atoms with Gasteiger partial charge in [-0.2, -0.15) is 0 Å². The normalized spacial score (nSPS) is 14.4. The summed E-state index contributed by atoms with van der Waals surface area (Å²) in [6.07, 6.45) is 1.94. The monoisotopic (exact) mass is 321 g/mol. The Morgan fingerprint density at radius 1 is 1.19 bits per heavy atom. The van der Waals surface area contributed by atoms with Crippen LogP contribution in [0.2, 0.25) is 10.0 Å². The summed E-state index contributed by atoms with van der Waals surface area (Å²) in [5, 5.41) is 4.85. The minimum absolute atomic E-state index is 0.201. The van der Waals surface area contributed by atoms with Crippen LogP contribution in [0.1, 0.15) is 30.5 Å². The van der Waals surface area contributed by atoms with Crippen LogP contribution in [0, 0.1) is 0 Å². The van der Waals surface area contributed by atoms with Gasteiger partial charge in [-0.15, -0.1) is 0 Å². The molecule has 0 aliphatic carbocycles. The molecule has 1 aliphatic heterocycles. The third-order valence-corrected chi connectivity index (χ3v) is 4.35. The summed E-state index contributed by atoms with van der Waals surface area (Å²) in [5.74, 6) is 1.01. The van der Waals surface area contributed by atoms with E-state index in [-0.39, 0.29) is 6.04 Å². The maximum absolute atomic E-state index is 6.24. The minimum atomic E-state index is 0.201. The first-order chi connectivity index (χ1) is 10.2. The number of fused-ring (bicyclic) bond motifs is 1. The SMILES string of the molecule is CCC(Nc1cc(Cl)ccc1Cl)c1ccc2c(c1)CCO2. The smallest absolute Gasteiger partial charge is 0.122 e. The lowest BCUT2D eigenvalue weighted by molar-refractivity contribution is 0.357. The Morgan fingerprint density at radius 3 is 2.86 bits per heavy atom. The van der Waals surface area contributed by atoms with Crippen molar-refractivity contribution in [1.29, 1.82) is 0 Å². The van der Waals surface area contributed by atoms with Gasteiger partial charge in [0.25, 0.3) is 0 Å². The molecule has 0 spiro atoms. The van der Waals surface area contributed by atoms with E-state index in [0.717, 1.165) is 30.9 Å². The Kier molecular flexibility index (Phi) is 4.27. The van der Waals surface area contributed by atoms with E-state index in [1.807, 2.05) is 12.1 Å². The van der Waals surface area contributed by atoms with Crippen molar-refractivity contribution in [3.63, 3.8) is 0 Å². The van der Waals surface area contributed by atoms with E-state index in [1.54, 1.807) is 6.07 Å². The molecule has 1 unspecified atom stereocenters. The fourth-order valence-electron chi connectivity index (χ4n) is 2.64. The van der Waals surface area contributed by atoms with E-state index >= 15 is 0 Å². The standard InChI is InChI=1S/C17H17Cl2NO/c1-2-15(20-16-10-13(18)4-5-14(16)19)11-3-6-17-12(9-11)7-8-21-17/h3-6,9-10,15,20H,2,7-8H2,1H3. The fourth-order valence-corrected chi connectivity index (χ4v) is 2.98. The predicted octanol–water partition coefficient (Wildman–Crippen LogP) is 5.49. The molecule has 0 amide bonds. The molecule has 0 radical (unpaired) electrons. The maximum Gasteiger partial charge on any atom is 0.122 e. The largest absolute Gasteiger partial charge is 0.493 e. The second-order valence-electron chi connectivity index (χ2n) is 5.19. The van der Waals surface area contributed by atoms with Gasteiger partial charge in [0.1, 0.15) is 5.75 Å². The topological polar surface area (TPSA) is 21.3 Å². The van der Waals surface area contributed by atoms with Crippen molar-refractivity contribution < 1.29 is 4.74 Å². The van der Waals surface area contributed by atoms with Gasteiger partial charge in [-0.25, -0.2) is 0 Å². The molecule has 1 atom stereocenters. The summed E-state index contributed by atoms with van der Waals surface area (Å²) >= 11 is 12.3. The van der Waals surface area contributed by atoms with Crippen LogP contribution in [0.5, 0.6) is 5.75 Å². The molecule has 2 aromatic carbocycles. The van der Waals surface area contributed by atoms with Crippen LogP contribution < -0.4 is 10.1 Å². The van der Waals surface area contributed by atoms with Gasteiger partial charge in [-0.1, -0.05) is 36.2 Å². The Labute approximate surface area is 135 Å². The Balaban J connectivity index is 1.86. The van der Waals surface area contributed by atoms with Gasteiger partial charge in [-0.3, -0.25) is 0 Å². The van der Waals surface area contributed by atoms with Gasteiger partial charge in [0, 0.05) is 11.4 Å². The lowest BCUT2D eigenvalue weighted by atomic mass is 10.0. The van der Waals surface area contributed by atoms with Crippen LogP contribution in [0.25, 0.3) is 0 Å². The Morgan fingerprint density at radius 2 is 2.05 bits per heavy atom. The quantitative estimate of drug-likeness (QED) is 0.803. The summed E-state index contributed by atoms with van der Waals surface area (Å²) in [7, 11) is 0. The molecule has 4 heteroatoms. The highest BCUT2D eigenvalue weighted by atomic mass is 35.5. The molecule has 0 fully saturated rings. The lowest BCUT2D eigenvalue weighted by Crippen LogP contribution is -2.10. The fraction of sp³-hybridized carbons (Fsp3) is 0.294. The summed E-state index contributed by atoms with van der Waals surface area (Å²) in [5.41, 5.74) is 3.40. The van der Waals surface area contributed by atoms with Gasteiger partial charge in [0.2, 0.25) is 0 Å².